The monoisotopic (exact) mass is 642 g/mol. The van der Waals surface area contributed by atoms with E-state index in [-0.39, 0.29) is 30.4 Å². The molecule has 1 aromatic heterocycles. The van der Waals surface area contributed by atoms with Crippen LogP contribution in [-0.4, -0.2) is 80.5 Å². The number of aromatic nitrogens is 3. The summed E-state index contributed by atoms with van der Waals surface area (Å²) < 4.78 is 13.7. The van der Waals surface area contributed by atoms with Gasteiger partial charge in [0.2, 0.25) is 11.8 Å². The molecular weight excluding hydrogens is 600 g/mol. The molecule has 1 spiro atoms. The minimum absolute atomic E-state index is 0.0523. The topological polar surface area (TPSA) is 153 Å². The summed E-state index contributed by atoms with van der Waals surface area (Å²) in [5.74, 6) is -1.14. The van der Waals surface area contributed by atoms with Gasteiger partial charge >= 0.3 is 5.97 Å². The molecule has 2 amide bonds. The number of hydrogen-bond donors (Lipinski definition) is 2. The van der Waals surface area contributed by atoms with Crippen molar-refractivity contribution < 1.29 is 29.0 Å². The Kier molecular flexibility index (Phi) is 8.84. The molecule has 45 heavy (non-hydrogen) atoms. The van der Waals surface area contributed by atoms with Gasteiger partial charge in [-0.1, -0.05) is 29.7 Å². The van der Waals surface area contributed by atoms with Gasteiger partial charge in [-0.3, -0.25) is 14.4 Å². The normalized spacial score (nSPS) is 25.5. The Hall–Kier alpha value is -3.22. The summed E-state index contributed by atoms with van der Waals surface area (Å²) in [4.78, 5) is 43.9. The number of hydrogen-bond acceptors (Lipinski definition) is 8. The lowest BCUT2D eigenvalue weighted by Gasteiger charge is -2.45. The summed E-state index contributed by atoms with van der Waals surface area (Å²) in [6.45, 7) is 4.24. The smallest absolute Gasteiger partial charge is 0.310 e. The number of carbonyl (C=O) groups excluding carboxylic acids is 2. The first kappa shape index (κ1) is 31.7. The number of nitrogens with two attached hydrogens (primary N) is 1. The molecule has 1 aromatic carbocycles. The number of rotatable bonds is 11. The second-order valence-corrected chi connectivity index (χ2v) is 13.9. The largest absolute Gasteiger partial charge is 0.487 e. The molecule has 3 atom stereocenters. The fourth-order valence-electron chi connectivity index (χ4n) is 7.52. The predicted octanol–water partition coefficient (Wildman–Crippen LogP) is 3.24. The Morgan fingerprint density at radius 2 is 2.00 bits per heavy atom. The zero-order valence-electron chi connectivity index (χ0n) is 26.1. The van der Waals surface area contributed by atoms with Crippen molar-refractivity contribution in [2.75, 3.05) is 32.8 Å². The Bertz CT molecular complexity index is 1480. The van der Waals surface area contributed by atoms with Crippen molar-refractivity contribution in [2.24, 2.45) is 29.5 Å². The minimum Gasteiger partial charge on any atom is -0.487 e. The molecule has 2 saturated carbocycles. The third-order valence-electron chi connectivity index (χ3n) is 10.5. The van der Waals surface area contributed by atoms with Crippen LogP contribution in [0.15, 0.2) is 12.1 Å². The van der Waals surface area contributed by atoms with E-state index in [1.807, 2.05) is 9.80 Å². The van der Waals surface area contributed by atoms with Gasteiger partial charge in [0.1, 0.15) is 18.1 Å². The highest BCUT2D eigenvalue weighted by atomic mass is 35.5. The molecule has 0 radical (unpaired) electrons. The first-order valence-electron chi connectivity index (χ1n) is 16.0. The second-order valence-electron chi connectivity index (χ2n) is 13.4. The zero-order chi connectivity index (χ0) is 31.9. The van der Waals surface area contributed by atoms with E-state index in [2.05, 4.69) is 10.3 Å². The van der Waals surface area contributed by atoms with Crippen molar-refractivity contribution in [1.82, 2.24) is 24.8 Å². The minimum atomic E-state index is -1.15. The number of amides is 2. The van der Waals surface area contributed by atoms with E-state index >= 15 is 0 Å². The van der Waals surface area contributed by atoms with E-state index in [1.165, 1.54) is 0 Å². The number of likely N-dealkylation sites (tertiary alicyclic amines) is 1. The molecule has 12 nitrogen and oxygen atoms in total. The molecule has 2 aliphatic heterocycles. The van der Waals surface area contributed by atoms with Gasteiger partial charge in [-0.05, 0) is 62.1 Å². The maximum atomic E-state index is 14.5. The number of ether oxygens (including phenoxy) is 2. The first-order chi connectivity index (χ1) is 21.6. The molecule has 13 heteroatoms. The Balaban J connectivity index is 1.35. The number of carboxylic acids is 1. The molecule has 3 fully saturated rings. The molecule has 3 N–H and O–H groups in total. The summed E-state index contributed by atoms with van der Waals surface area (Å²) >= 11 is 6.79. The Morgan fingerprint density at radius 3 is 2.71 bits per heavy atom. The van der Waals surface area contributed by atoms with Crippen LogP contribution in [0.25, 0.3) is 0 Å². The quantitative estimate of drug-likeness (QED) is 0.352. The van der Waals surface area contributed by atoms with Crippen LogP contribution in [0.3, 0.4) is 0 Å². The number of carboxylic acid groups (broad SMARTS) is 1. The fourth-order valence-corrected chi connectivity index (χ4v) is 7.78. The molecule has 2 aliphatic carbocycles. The van der Waals surface area contributed by atoms with Crippen LogP contribution >= 0.6 is 11.6 Å². The molecule has 0 unspecified atom stereocenters. The summed E-state index contributed by atoms with van der Waals surface area (Å²) in [5.41, 5.74) is 7.52. The van der Waals surface area contributed by atoms with E-state index in [9.17, 15) is 19.5 Å². The molecule has 3 heterocycles. The molecule has 0 bridgehead atoms. The van der Waals surface area contributed by atoms with Gasteiger partial charge in [0.15, 0.2) is 0 Å². The highest BCUT2D eigenvalue weighted by Gasteiger charge is 2.54. The SMILES string of the molecule is Cn1nnc(COc2ccc(Cl)c3c2[C@@H](CN2CC4(CC4)CC2=O)N(C(=O)[C@@H]2CCCC[C@]2(C)C(=O)O)CC3)c1COCCN. The zero-order valence-corrected chi connectivity index (χ0v) is 26.9. The van der Waals surface area contributed by atoms with Gasteiger partial charge in [0.05, 0.1) is 36.3 Å². The van der Waals surface area contributed by atoms with Gasteiger partial charge in [0.25, 0.3) is 0 Å². The van der Waals surface area contributed by atoms with E-state index in [4.69, 9.17) is 26.8 Å². The molecule has 2 aromatic rings. The third-order valence-corrected chi connectivity index (χ3v) is 10.8. The number of benzene rings is 1. The Morgan fingerprint density at radius 1 is 1.20 bits per heavy atom. The Labute approximate surface area is 268 Å². The van der Waals surface area contributed by atoms with Crippen molar-refractivity contribution in [3.8, 4) is 5.75 Å². The lowest BCUT2D eigenvalue weighted by atomic mass is 9.66. The summed E-state index contributed by atoms with van der Waals surface area (Å²) in [6, 6.07) is 3.07. The standard InChI is InChI=1S/C32H43ClN6O6/c1-31(30(42)43)9-4-3-5-21(31)29(41)39-13-8-20-22(33)6-7-26(45-17-23-25(18-44-14-12-34)37(2)36-35-23)28(20)24(39)16-38-19-32(10-11-32)15-27(38)40/h6-7,21,24H,3-5,8-19,34H2,1-2H3,(H,42,43)/t21-,24+,31-/m0/s1. The van der Waals surface area contributed by atoms with E-state index < -0.39 is 23.3 Å². The third kappa shape index (κ3) is 6.04. The van der Waals surface area contributed by atoms with Crippen LogP contribution in [0, 0.1) is 16.7 Å². The van der Waals surface area contributed by atoms with Gasteiger partial charge in [-0.25, -0.2) is 4.68 Å². The fraction of sp³-hybridized carbons (Fsp3) is 0.656. The number of aliphatic carboxylic acids is 1. The molecule has 1 saturated heterocycles. The molecular formula is C32H43ClN6O6. The average molecular weight is 643 g/mol. The summed E-state index contributed by atoms with van der Waals surface area (Å²) in [7, 11) is 1.79. The molecule has 244 valence electrons. The van der Waals surface area contributed by atoms with Crippen LogP contribution < -0.4 is 10.5 Å². The summed E-state index contributed by atoms with van der Waals surface area (Å²) in [6.07, 6.45) is 5.64. The van der Waals surface area contributed by atoms with Crippen LogP contribution in [0.5, 0.6) is 5.75 Å². The lowest BCUT2D eigenvalue weighted by Crippen LogP contribution is -2.52. The predicted molar refractivity (Wildman–Crippen MR) is 164 cm³/mol. The van der Waals surface area contributed by atoms with Crippen LogP contribution in [0.1, 0.15) is 80.4 Å². The van der Waals surface area contributed by atoms with Gasteiger partial charge < -0.3 is 30.1 Å². The van der Waals surface area contributed by atoms with Crippen molar-refractivity contribution in [2.45, 2.75) is 77.5 Å². The van der Waals surface area contributed by atoms with Crippen LogP contribution in [0.2, 0.25) is 5.02 Å². The highest BCUT2D eigenvalue weighted by Crippen LogP contribution is 2.54. The van der Waals surface area contributed by atoms with Gasteiger partial charge in [-0.15, -0.1) is 5.10 Å². The van der Waals surface area contributed by atoms with Crippen molar-refractivity contribution in [1.29, 1.82) is 0 Å². The van der Waals surface area contributed by atoms with Crippen LogP contribution in [0.4, 0.5) is 0 Å². The molecule has 4 aliphatic rings. The second kappa shape index (κ2) is 12.5. The average Bonchev–Trinajstić information content (AvgIpc) is 3.57. The van der Waals surface area contributed by atoms with Crippen molar-refractivity contribution >= 4 is 29.4 Å². The number of carbonyl (C=O) groups is 3. The lowest BCUT2D eigenvalue weighted by molar-refractivity contribution is -0.162. The van der Waals surface area contributed by atoms with E-state index in [1.54, 1.807) is 30.8 Å². The molecule has 6 rings (SSSR count). The highest BCUT2D eigenvalue weighted by molar-refractivity contribution is 6.31. The maximum Gasteiger partial charge on any atom is 0.310 e. The first-order valence-corrected chi connectivity index (χ1v) is 16.4. The van der Waals surface area contributed by atoms with Crippen LogP contribution in [-0.2, 0) is 45.8 Å². The van der Waals surface area contributed by atoms with Crippen molar-refractivity contribution in [3.63, 3.8) is 0 Å². The number of fused-ring (bicyclic) bond motifs is 1. The van der Waals surface area contributed by atoms with Gasteiger partial charge in [0, 0.05) is 50.2 Å². The van der Waals surface area contributed by atoms with Crippen molar-refractivity contribution in [3.05, 3.63) is 39.7 Å². The van der Waals surface area contributed by atoms with Gasteiger partial charge in [-0.2, -0.15) is 0 Å². The maximum absolute atomic E-state index is 14.5. The van der Waals surface area contributed by atoms with E-state index in [0.29, 0.717) is 74.9 Å². The van der Waals surface area contributed by atoms with E-state index in [0.717, 1.165) is 42.5 Å². The number of aryl methyl sites for hydroxylation is 1. The summed E-state index contributed by atoms with van der Waals surface area (Å²) in [5, 5.41) is 19.2. The number of nitrogens with zero attached hydrogens (tertiary/aromatic N) is 5. The number of halogens is 1.